The van der Waals surface area contributed by atoms with Gasteiger partial charge < -0.3 is 9.74 Å². The molecule has 2 aromatic rings. The van der Waals surface area contributed by atoms with E-state index >= 15 is 0 Å². The van der Waals surface area contributed by atoms with Crippen LogP contribution in [0.3, 0.4) is 0 Å². The largest absolute Gasteiger partial charge is 0.369 e. The van der Waals surface area contributed by atoms with E-state index in [-0.39, 0.29) is 5.41 Å². The molecule has 0 radical (unpaired) electrons. The summed E-state index contributed by atoms with van der Waals surface area (Å²) in [5.41, 5.74) is 3.41. The van der Waals surface area contributed by atoms with Gasteiger partial charge in [-0.1, -0.05) is 86.6 Å². The Morgan fingerprint density at radius 2 is 1.46 bits per heavy atom. The molecule has 0 spiro atoms. The van der Waals surface area contributed by atoms with Crippen LogP contribution >= 0.6 is 0 Å². The van der Waals surface area contributed by atoms with Gasteiger partial charge in [0.05, 0.1) is 5.57 Å². The van der Waals surface area contributed by atoms with E-state index in [4.69, 9.17) is 4.84 Å². The van der Waals surface area contributed by atoms with Crippen LogP contribution in [0.2, 0.25) is 0 Å². The van der Waals surface area contributed by atoms with Gasteiger partial charge in [0.15, 0.2) is 0 Å². The first-order valence-electron chi connectivity index (χ1n) is 9.44. The molecular formula is C24H26N2O2. The summed E-state index contributed by atoms with van der Waals surface area (Å²) in [5, 5.41) is 3.95. The molecular weight excluding hydrogens is 348 g/mol. The van der Waals surface area contributed by atoms with Crippen LogP contribution < -0.4 is 0 Å². The Bertz CT molecular complexity index is 850. The van der Waals surface area contributed by atoms with Crippen molar-refractivity contribution in [3.8, 4) is 0 Å². The minimum Gasteiger partial charge on any atom is -0.369 e. The molecule has 0 aromatic heterocycles. The van der Waals surface area contributed by atoms with Crippen molar-refractivity contribution in [2.75, 3.05) is 0 Å². The Morgan fingerprint density at radius 3 is 1.96 bits per heavy atom. The third-order valence-corrected chi connectivity index (χ3v) is 4.42. The lowest BCUT2D eigenvalue weighted by molar-refractivity contribution is -0.136. The van der Waals surface area contributed by atoms with Crippen LogP contribution in [0, 0.1) is 5.41 Å². The molecule has 0 amide bonds. The van der Waals surface area contributed by atoms with Crippen molar-refractivity contribution < 1.29 is 9.63 Å². The van der Waals surface area contributed by atoms with Crippen molar-refractivity contribution in [1.29, 1.82) is 0 Å². The summed E-state index contributed by atoms with van der Waals surface area (Å²) in [6.45, 7) is 7.60. The van der Waals surface area contributed by atoms with Crippen molar-refractivity contribution in [2.24, 2.45) is 10.6 Å². The number of allylic oxidation sites excluding steroid dienone is 2. The maximum Gasteiger partial charge on any atom is 0.367 e. The summed E-state index contributed by atoms with van der Waals surface area (Å²) < 4.78 is 0. The Labute approximate surface area is 166 Å². The summed E-state index contributed by atoms with van der Waals surface area (Å²) in [4.78, 5) is 19.1. The molecule has 0 N–H and O–H groups in total. The average molecular weight is 374 g/mol. The van der Waals surface area contributed by atoms with Crippen molar-refractivity contribution in [2.45, 2.75) is 33.9 Å². The first kappa shape index (κ1) is 19.6. The maximum atomic E-state index is 12.0. The van der Waals surface area contributed by atoms with Crippen LogP contribution in [0.5, 0.6) is 0 Å². The van der Waals surface area contributed by atoms with Crippen molar-refractivity contribution in [3.05, 3.63) is 95.7 Å². The molecule has 0 saturated carbocycles. The molecule has 28 heavy (non-hydrogen) atoms. The average Bonchev–Trinajstić information content (AvgIpc) is 3.04. The monoisotopic (exact) mass is 374 g/mol. The Kier molecular flexibility index (Phi) is 6.09. The number of benzene rings is 2. The molecule has 0 bridgehead atoms. The van der Waals surface area contributed by atoms with Gasteiger partial charge in [-0.05, 0) is 29.5 Å². The molecule has 1 aliphatic rings. The number of nitrogens with zero attached hydrogens (tertiary/aromatic N) is 2. The highest BCUT2D eigenvalue weighted by atomic mass is 16.7. The van der Waals surface area contributed by atoms with Crippen LogP contribution in [-0.2, 0) is 22.7 Å². The van der Waals surface area contributed by atoms with Gasteiger partial charge >= 0.3 is 5.97 Å². The zero-order valence-electron chi connectivity index (χ0n) is 16.6. The molecule has 0 atom stereocenters. The van der Waals surface area contributed by atoms with Crippen LogP contribution in [0.4, 0.5) is 0 Å². The van der Waals surface area contributed by atoms with Gasteiger partial charge in [-0.15, -0.1) is 0 Å². The SMILES string of the molecule is CC(C)(C)C1=NOC(=O)/C1=C/C=C/N(Cc1ccccc1)Cc1ccccc1. The normalized spacial score (nSPS) is 15.8. The standard InChI is InChI=1S/C24H26N2O2/c1-24(2,3)22-21(23(27)28-25-22)15-10-16-26(17-19-11-6-4-7-12-19)18-20-13-8-5-9-14-20/h4-16H,17-18H2,1-3H3/b16-10+,21-15+. The minimum absolute atomic E-state index is 0.250. The number of oxime groups is 1. The molecule has 0 saturated heterocycles. The number of hydrogen-bond donors (Lipinski definition) is 0. The highest BCUT2D eigenvalue weighted by Gasteiger charge is 2.33. The van der Waals surface area contributed by atoms with E-state index in [9.17, 15) is 4.79 Å². The lowest BCUT2D eigenvalue weighted by Crippen LogP contribution is -2.22. The molecule has 4 heteroatoms. The Hall–Kier alpha value is -3.14. The Morgan fingerprint density at radius 1 is 0.929 bits per heavy atom. The second kappa shape index (κ2) is 8.70. The third kappa shape index (κ3) is 5.19. The number of rotatable bonds is 6. The van der Waals surface area contributed by atoms with E-state index in [1.807, 2.05) is 69.4 Å². The molecule has 0 unspecified atom stereocenters. The lowest BCUT2D eigenvalue weighted by Gasteiger charge is -2.21. The van der Waals surface area contributed by atoms with E-state index in [1.165, 1.54) is 11.1 Å². The molecule has 144 valence electrons. The minimum atomic E-state index is -0.396. The van der Waals surface area contributed by atoms with Gasteiger partial charge in [0.25, 0.3) is 0 Å². The number of carbonyl (C=O) groups excluding carboxylic acids is 1. The molecule has 3 rings (SSSR count). The van der Waals surface area contributed by atoms with Gasteiger partial charge in [0.1, 0.15) is 5.71 Å². The van der Waals surface area contributed by atoms with E-state index in [1.54, 1.807) is 6.08 Å². The predicted molar refractivity (Wildman–Crippen MR) is 112 cm³/mol. The van der Waals surface area contributed by atoms with Crippen LogP contribution in [-0.4, -0.2) is 16.6 Å². The summed E-state index contributed by atoms with van der Waals surface area (Å²) >= 11 is 0. The lowest BCUT2D eigenvalue weighted by atomic mass is 9.85. The zero-order chi connectivity index (χ0) is 20.0. The third-order valence-electron chi connectivity index (χ3n) is 4.42. The molecule has 1 aliphatic heterocycles. The van der Waals surface area contributed by atoms with Gasteiger partial charge in [-0.3, -0.25) is 0 Å². The second-order valence-corrected chi connectivity index (χ2v) is 7.87. The van der Waals surface area contributed by atoms with Crippen LogP contribution in [0.15, 0.2) is 89.7 Å². The summed E-state index contributed by atoms with van der Waals surface area (Å²) in [6.07, 6.45) is 5.70. The van der Waals surface area contributed by atoms with E-state index in [2.05, 4.69) is 34.3 Å². The molecule has 4 nitrogen and oxygen atoms in total. The van der Waals surface area contributed by atoms with Crippen molar-refractivity contribution >= 4 is 11.7 Å². The van der Waals surface area contributed by atoms with Gasteiger partial charge in [0.2, 0.25) is 0 Å². The van der Waals surface area contributed by atoms with Crippen molar-refractivity contribution in [3.63, 3.8) is 0 Å². The fourth-order valence-electron chi connectivity index (χ4n) is 3.03. The van der Waals surface area contributed by atoms with Crippen LogP contribution in [0.25, 0.3) is 0 Å². The number of hydrogen-bond acceptors (Lipinski definition) is 4. The summed E-state index contributed by atoms with van der Waals surface area (Å²) in [7, 11) is 0. The fourth-order valence-corrected chi connectivity index (χ4v) is 3.03. The van der Waals surface area contributed by atoms with E-state index < -0.39 is 5.97 Å². The molecule has 0 fully saturated rings. The quantitative estimate of drug-likeness (QED) is 0.522. The molecule has 1 heterocycles. The van der Waals surface area contributed by atoms with Gasteiger partial charge in [-0.2, -0.15) is 0 Å². The Balaban J connectivity index is 1.80. The zero-order valence-corrected chi connectivity index (χ0v) is 16.6. The first-order valence-corrected chi connectivity index (χ1v) is 9.44. The smallest absolute Gasteiger partial charge is 0.367 e. The molecule has 2 aromatic carbocycles. The molecule has 0 aliphatic carbocycles. The second-order valence-electron chi connectivity index (χ2n) is 7.87. The van der Waals surface area contributed by atoms with Gasteiger partial charge in [0, 0.05) is 18.5 Å². The van der Waals surface area contributed by atoms with Gasteiger partial charge in [-0.25, -0.2) is 4.79 Å². The predicted octanol–water partition coefficient (Wildman–Crippen LogP) is 5.09. The van der Waals surface area contributed by atoms with E-state index in [0.717, 1.165) is 13.1 Å². The fraction of sp³-hybridized carbons (Fsp3) is 0.250. The highest BCUT2D eigenvalue weighted by Crippen LogP contribution is 2.26. The topological polar surface area (TPSA) is 41.9 Å². The summed E-state index contributed by atoms with van der Waals surface area (Å²) in [6, 6.07) is 20.7. The highest BCUT2D eigenvalue weighted by molar-refractivity contribution is 6.24. The van der Waals surface area contributed by atoms with Crippen molar-refractivity contribution in [1.82, 2.24) is 4.90 Å². The van der Waals surface area contributed by atoms with Crippen LogP contribution in [0.1, 0.15) is 31.9 Å². The van der Waals surface area contributed by atoms with E-state index in [0.29, 0.717) is 11.3 Å². The maximum absolute atomic E-state index is 12.0. The summed E-state index contributed by atoms with van der Waals surface area (Å²) in [5.74, 6) is -0.396. The number of carbonyl (C=O) groups is 1. The first-order chi connectivity index (χ1) is 13.4.